The standard InChI is InChI=1S/C19H18N4O3S/c1-10-4-5-16-17(6-10)27-19(22-16)23-18(26)13-7-14(20-11(2)24)9-15(8-13)21-12(3)25/h4-9H,1-3H3,(H,20,24)(H,21,25)(H,22,23,26). The van der Waals surface area contributed by atoms with E-state index >= 15 is 0 Å². The maximum atomic E-state index is 12.7. The number of aromatic nitrogens is 1. The Hall–Kier alpha value is -3.26. The number of amides is 3. The lowest BCUT2D eigenvalue weighted by molar-refractivity contribution is -0.115. The first-order chi connectivity index (χ1) is 12.8. The van der Waals surface area contributed by atoms with Crippen molar-refractivity contribution in [1.82, 2.24) is 4.98 Å². The van der Waals surface area contributed by atoms with Gasteiger partial charge in [-0.25, -0.2) is 4.98 Å². The van der Waals surface area contributed by atoms with E-state index in [-0.39, 0.29) is 17.7 Å². The Labute approximate surface area is 159 Å². The van der Waals surface area contributed by atoms with Crippen LogP contribution in [0.1, 0.15) is 29.8 Å². The molecule has 0 fully saturated rings. The predicted molar refractivity (Wildman–Crippen MR) is 107 cm³/mol. The molecule has 3 amide bonds. The summed E-state index contributed by atoms with van der Waals surface area (Å²) in [5.74, 6) is -0.935. The number of fused-ring (bicyclic) bond motifs is 1. The van der Waals surface area contributed by atoms with Gasteiger partial charge in [-0.05, 0) is 42.8 Å². The highest BCUT2D eigenvalue weighted by Crippen LogP contribution is 2.27. The average molecular weight is 382 g/mol. The molecule has 3 aromatic rings. The van der Waals surface area contributed by atoms with Gasteiger partial charge in [0.1, 0.15) is 0 Å². The maximum absolute atomic E-state index is 12.7. The minimum absolute atomic E-state index is 0.275. The van der Waals surface area contributed by atoms with Gasteiger partial charge in [-0.2, -0.15) is 0 Å². The lowest BCUT2D eigenvalue weighted by atomic mass is 10.1. The van der Waals surface area contributed by atoms with Crippen molar-refractivity contribution in [2.24, 2.45) is 0 Å². The summed E-state index contributed by atoms with van der Waals surface area (Å²) >= 11 is 1.38. The van der Waals surface area contributed by atoms with E-state index in [1.54, 1.807) is 18.2 Å². The van der Waals surface area contributed by atoms with Crippen LogP contribution >= 0.6 is 11.3 Å². The first-order valence-electron chi connectivity index (χ1n) is 8.19. The van der Waals surface area contributed by atoms with Crippen LogP contribution in [0.3, 0.4) is 0 Å². The zero-order valence-electron chi connectivity index (χ0n) is 15.0. The zero-order chi connectivity index (χ0) is 19.6. The Balaban J connectivity index is 1.89. The fourth-order valence-electron chi connectivity index (χ4n) is 2.56. The second-order valence-corrected chi connectivity index (χ2v) is 7.14. The summed E-state index contributed by atoms with van der Waals surface area (Å²) in [6, 6.07) is 10.5. The Kier molecular flexibility index (Phi) is 5.18. The number of carbonyl (C=O) groups excluding carboxylic acids is 3. The molecular formula is C19H18N4O3S. The highest BCUT2D eigenvalue weighted by atomic mass is 32.1. The fourth-order valence-corrected chi connectivity index (χ4v) is 3.52. The van der Waals surface area contributed by atoms with Crippen LogP contribution in [-0.4, -0.2) is 22.7 Å². The van der Waals surface area contributed by atoms with Crippen molar-refractivity contribution in [3.63, 3.8) is 0 Å². The second-order valence-electron chi connectivity index (χ2n) is 6.11. The first kappa shape index (κ1) is 18.5. The number of rotatable bonds is 4. The van der Waals surface area contributed by atoms with E-state index < -0.39 is 0 Å². The van der Waals surface area contributed by atoms with Crippen molar-refractivity contribution in [3.8, 4) is 0 Å². The van der Waals surface area contributed by atoms with Gasteiger partial charge in [0.2, 0.25) is 11.8 Å². The molecule has 0 radical (unpaired) electrons. The quantitative estimate of drug-likeness (QED) is 0.639. The van der Waals surface area contributed by atoms with Crippen LogP contribution in [0.2, 0.25) is 0 Å². The van der Waals surface area contributed by atoms with Gasteiger partial charge in [0.25, 0.3) is 5.91 Å². The summed E-state index contributed by atoms with van der Waals surface area (Å²) in [7, 11) is 0. The molecule has 0 saturated carbocycles. The highest BCUT2D eigenvalue weighted by molar-refractivity contribution is 7.22. The topological polar surface area (TPSA) is 100 Å². The number of hydrogen-bond donors (Lipinski definition) is 3. The van der Waals surface area contributed by atoms with Gasteiger partial charge in [-0.3, -0.25) is 19.7 Å². The number of nitrogens with zero attached hydrogens (tertiary/aromatic N) is 1. The minimum atomic E-state index is -0.385. The molecule has 1 aromatic heterocycles. The molecule has 0 bridgehead atoms. The van der Waals surface area contributed by atoms with Crippen molar-refractivity contribution >= 4 is 55.8 Å². The molecule has 0 atom stereocenters. The van der Waals surface area contributed by atoms with Gasteiger partial charge in [0.05, 0.1) is 10.2 Å². The molecular weight excluding hydrogens is 364 g/mol. The summed E-state index contributed by atoms with van der Waals surface area (Å²) in [5.41, 5.74) is 3.05. The third-order valence-electron chi connectivity index (χ3n) is 3.60. The molecule has 0 saturated heterocycles. The van der Waals surface area contributed by atoms with E-state index in [1.807, 2.05) is 25.1 Å². The van der Waals surface area contributed by atoms with Crippen LogP contribution in [-0.2, 0) is 9.59 Å². The number of carbonyl (C=O) groups is 3. The normalized spacial score (nSPS) is 10.5. The highest BCUT2D eigenvalue weighted by Gasteiger charge is 2.13. The van der Waals surface area contributed by atoms with Gasteiger partial charge >= 0.3 is 0 Å². The van der Waals surface area contributed by atoms with Crippen LogP contribution in [0.5, 0.6) is 0 Å². The number of thiazole rings is 1. The van der Waals surface area contributed by atoms with Crippen molar-refractivity contribution < 1.29 is 14.4 Å². The summed E-state index contributed by atoms with van der Waals surface area (Å²) in [4.78, 5) is 39.7. The Morgan fingerprint density at radius 1 is 0.889 bits per heavy atom. The van der Waals surface area contributed by atoms with E-state index in [2.05, 4.69) is 20.9 Å². The Bertz CT molecular complexity index is 1020. The zero-order valence-corrected chi connectivity index (χ0v) is 15.9. The summed E-state index contributed by atoms with van der Waals surface area (Å²) in [5, 5.41) is 8.49. The smallest absolute Gasteiger partial charge is 0.257 e. The molecule has 27 heavy (non-hydrogen) atoms. The van der Waals surface area contributed by atoms with E-state index in [1.165, 1.54) is 25.2 Å². The lowest BCUT2D eigenvalue weighted by Gasteiger charge is -2.10. The molecule has 0 aliphatic rings. The van der Waals surface area contributed by atoms with Gasteiger partial charge in [-0.1, -0.05) is 17.4 Å². The van der Waals surface area contributed by atoms with Crippen LogP contribution < -0.4 is 16.0 Å². The summed E-state index contributed by atoms with van der Waals surface area (Å²) in [6.07, 6.45) is 0. The molecule has 0 aliphatic heterocycles. The largest absolute Gasteiger partial charge is 0.326 e. The van der Waals surface area contributed by atoms with E-state index in [9.17, 15) is 14.4 Å². The monoisotopic (exact) mass is 382 g/mol. The maximum Gasteiger partial charge on any atom is 0.257 e. The minimum Gasteiger partial charge on any atom is -0.326 e. The number of benzene rings is 2. The Morgan fingerprint density at radius 3 is 2.11 bits per heavy atom. The van der Waals surface area contributed by atoms with E-state index in [4.69, 9.17) is 0 Å². The van der Waals surface area contributed by atoms with Crippen LogP contribution in [0.4, 0.5) is 16.5 Å². The number of anilines is 3. The van der Waals surface area contributed by atoms with Crippen molar-refractivity contribution in [3.05, 3.63) is 47.5 Å². The number of hydrogen-bond acceptors (Lipinski definition) is 5. The molecule has 0 unspecified atom stereocenters. The van der Waals surface area contributed by atoms with Gasteiger partial charge in [0, 0.05) is 30.8 Å². The SMILES string of the molecule is CC(=O)Nc1cc(NC(C)=O)cc(C(=O)Nc2nc3ccc(C)cc3s2)c1. The molecule has 1 heterocycles. The molecule has 8 heteroatoms. The van der Waals surface area contributed by atoms with Crippen molar-refractivity contribution in [2.45, 2.75) is 20.8 Å². The third kappa shape index (κ3) is 4.68. The molecule has 0 spiro atoms. The third-order valence-corrected chi connectivity index (χ3v) is 4.53. The fraction of sp³-hybridized carbons (Fsp3) is 0.158. The van der Waals surface area contributed by atoms with Crippen LogP contribution in [0, 0.1) is 6.92 Å². The average Bonchev–Trinajstić information content (AvgIpc) is 2.94. The van der Waals surface area contributed by atoms with Gasteiger partial charge < -0.3 is 10.6 Å². The Morgan fingerprint density at radius 2 is 1.52 bits per heavy atom. The van der Waals surface area contributed by atoms with Gasteiger partial charge in [-0.15, -0.1) is 0 Å². The van der Waals surface area contributed by atoms with E-state index in [0.29, 0.717) is 22.1 Å². The van der Waals surface area contributed by atoms with Crippen LogP contribution in [0.25, 0.3) is 10.2 Å². The molecule has 7 nitrogen and oxygen atoms in total. The molecule has 3 rings (SSSR count). The summed E-state index contributed by atoms with van der Waals surface area (Å²) < 4.78 is 0.983. The number of nitrogens with one attached hydrogen (secondary N) is 3. The van der Waals surface area contributed by atoms with Crippen LogP contribution in [0.15, 0.2) is 36.4 Å². The van der Waals surface area contributed by atoms with Gasteiger partial charge in [0.15, 0.2) is 5.13 Å². The second kappa shape index (κ2) is 7.55. The molecule has 3 N–H and O–H groups in total. The predicted octanol–water partition coefficient (Wildman–Crippen LogP) is 3.77. The molecule has 138 valence electrons. The lowest BCUT2D eigenvalue weighted by Crippen LogP contribution is -2.15. The van der Waals surface area contributed by atoms with Crippen molar-refractivity contribution in [1.29, 1.82) is 0 Å². The van der Waals surface area contributed by atoms with E-state index in [0.717, 1.165) is 15.8 Å². The summed E-state index contributed by atoms with van der Waals surface area (Å²) in [6.45, 7) is 4.73. The van der Waals surface area contributed by atoms with Crippen molar-refractivity contribution in [2.75, 3.05) is 16.0 Å². The molecule has 0 aliphatic carbocycles. The molecule has 2 aromatic carbocycles. The number of aryl methyl sites for hydroxylation is 1. The first-order valence-corrected chi connectivity index (χ1v) is 9.00.